The van der Waals surface area contributed by atoms with Gasteiger partial charge in [-0.15, -0.1) is 0 Å². The van der Waals surface area contributed by atoms with Gasteiger partial charge in [0.25, 0.3) is 0 Å². The molecule has 2 aromatic carbocycles. The molecule has 0 unspecified atom stereocenters. The molecule has 0 fully saturated rings. The van der Waals surface area contributed by atoms with Gasteiger partial charge >= 0.3 is 0 Å². The first-order valence-electron chi connectivity index (χ1n) is 7.63. The number of anilines is 3. The van der Waals surface area contributed by atoms with Crippen LogP contribution in [0.25, 0.3) is 0 Å². The van der Waals surface area contributed by atoms with Gasteiger partial charge < -0.3 is 10.6 Å². The summed E-state index contributed by atoms with van der Waals surface area (Å²) in [5, 5.41) is 5.95. The monoisotopic (exact) mass is 344 g/mol. The fourth-order valence-corrected chi connectivity index (χ4v) is 2.27. The van der Waals surface area contributed by atoms with Crippen molar-refractivity contribution >= 4 is 17.3 Å². The first-order chi connectivity index (χ1) is 12.1. The Morgan fingerprint density at radius 1 is 0.800 bits per heavy atom. The normalized spacial score (nSPS) is 10.5. The smallest absolute Gasteiger partial charge is 0.160 e. The second-order valence-corrected chi connectivity index (χ2v) is 5.31. The van der Waals surface area contributed by atoms with Crippen molar-refractivity contribution in [1.29, 1.82) is 0 Å². The Balaban J connectivity index is 1.61. The Morgan fingerprint density at radius 3 is 2.40 bits per heavy atom. The van der Waals surface area contributed by atoms with Crippen molar-refractivity contribution in [2.75, 3.05) is 17.2 Å². The van der Waals surface area contributed by atoms with Crippen molar-refractivity contribution in [2.45, 2.75) is 6.42 Å². The minimum Gasteiger partial charge on any atom is -0.370 e. The molecule has 0 radical (unpaired) electrons. The highest BCUT2D eigenvalue weighted by Crippen LogP contribution is 2.18. The van der Waals surface area contributed by atoms with Gasteiger partial charge in [-0.3, -0.25) is 0 Å². The minimum atomic E-state index is -0.942. The number of rotatable bonds is 6. The summed E-state index contributed by atoms with van der Waals surface area (Å²) in [5.41, 5.74) is 0.985. The average molecular weight is 344 g/mol. The van der Waals surface area contributed by atoms with Gasteiger partial charge in [-0.25, -0.2) is 23.1 Å². The zero-order chi connectivity index (χ0) is 17.6. The summed E-state index contributed by atoms with van der Waals surface area (Å²) >= 11 is 0. The van der Waals surface area contributed by atoms with E-state index in [0.717, 1.165) is 12.1 Å². The molecule has 3 aromatic rings. The van der Waals surface area contributed by atoms with Gasteiger partial charge in [0.05, 0.1) is 0 Å². The number of hydrogen-bond acceptors (Lipinski definition) is 4. The predicted octanol–water partition coefficient (Wildman–Crippen LogP) is 4.29. The molecule has 0 atom stereocenters. The molecule has 3 rings (SSSR count). The Bertz CT molecular complexity index is 870. The molecule has 128 valence electrons. The van der Waals surface area contributed by atoms with E-state index in [9.17, 15) is 13.2 Å². The number of aromatic nitrogens is 2. The van der Waals surface area contributed by atoms with Gasteiger partial charge in [0.15, 0.2) is 11.6 Å². The van der Waals surface area contributed by atoms with Crippen LogP contribution in [0.4, 0.5) is 30.5 Å². The zero-order valence-electron chi connectivity index (χ0n) is 13.1. The van der Waals surface area contributed by atoms with E-state index in [0.29, 0.717) is 35.9 Å². The van der Waals surface area contributed by atoms with E-state index >= 15 is 0 Å². The van der Waals surface area contributed by atoms with E-state index in [1.807, 2.05) is 0 Å². The molecule has 25 heavy (non-hydrogen) atoms. The van der Waals surface area contributed by atoms with Crippen LogP contribution in [0.1, 0.15) is 5.56 Å². The topological polar surface area (TPSA) is 49.8 Å². The van der Waals surface area contributed by atoms with Crippen LogP contribution in [0, 0.1) is 17.5 Å². The lowest BCUT2D eigenvalue weighted by Gasteiger charge is -2.09. The molecule has 0 spiro atoms. The average Bonchev–Trinajstić information content (AvgIpc) is 2.60. The quantitative estimate of drug-likeness (QED) is 0.700. The number of hydrogen-bond donors (Lipinski definition) is 2. The highest BCUT2D eigenvalue weighted by atomic mass is 19.2. The molecule has 4 nitrogen and oxygen atoms in total. The highest BCUT2D eigenvalue weighted by molar-refractivity contribution is 5.58. The van der Waals surface area contributed by atoms with Crippen molar-refractivity contribution in [2.24, 2.45) is 0 Å². The molecule has 0 bridgehead atoms. The summed E-state index contributed by atoms with van der Waals surface area (Å²) in [6.45, 7) is 0.489. The highest BCUT2D eigenvalue weighted by Gasteiger charge is 2.05. The van der Waals surface area contributed by atoms with Crippen molar-refractivity contribution in [3.63, 3.8) is 0 Å². The van der Waals surface area contributed by atoms with Gasteiger partial charge in [-0.1, -0.05) is 18.2 Å². The summed E-state index contributed by atoms with van der Waals surface area (Å²) in [5.74, 6) is -1.13. The number of nitrogens with one attached hydrogen (secondary N) is 2. The molecular weight excluding hydrogens is 329 g/mol. The lowest BCUT2D eigenvalue weighted by atomic mass is 10.1. The Labute approximate surface area is 142 Å². The maximum Gasteiger partial charge on any atom is 0.160 e. The summed E-state index contributed by atoms with van der Waals surface area (Å²) in [6.07, 6.45) is 1.84. The van der Waals surface area contributed by atoms with E-state index in [2.05, 4.69) is 20.6 Å². The first kappa shape index (κ1) is 16.8. The molecule has 0 saturated carbocycles. The Hall–Kier alpha value is -3.09. The lowest BCUT2D eigenvalue weighted by Crippen LogP contribution is -2.08. The summed E-state index contributed by atoms with van der Waals surface area (Å²) in [6, 6.07) is 11.7. The molecule has 1 aromatic heterocycles. The number of benzene rings is 2. The standard InChI is InChI=1S/C18H15F3N4/c19-14-4-2-1-3-12(14)7-8-22-17-10-18(24-11-23-17)25-13-5-6-15(20)16(21)9-13/h1-6,9-11H,7-8H2,(H2,22,23,24,25). The van der Waals surface area contributed by atoms with Crippen LogP contribution >= 0.6 is 0 Å². The van der Waals surface area contributed by atoms with Gasteiger partial charge in [0.2, 0.25) is 0 Å². The van der Waals surface area contributed by atoms with Crippen LogP contribution in [-0.2, 0) is 6.42 Å². The zero-order valence-corrected chi connectivity index (χ0v) is 13.1. The molecule has 7 heteroatoms. The van der Waals surface area contributed by atoms with Crippen LogP contribution in [0.5, 0.6) is 0 Å². The maximum absolute atomic E-state index is 13.6. The van der Waals surface area contributed by atoms with E-state index in [4.69, 9.17) is 0 Å². The predicted molar refractivity (Wildman–Crippen MR) is 90.3 cm³/mol. The van der Waals surface area contributed by atoms with Gasteiger partial charge in [-0.2, -0.15) is 0 Å². The SMILES string of the molecule is Fc1ccc(Nc2cc(NCCc3ccccc3F)ncn2)cc1F. The molecule has 0 aliphatic carbocycles. The fraction of sp³-hybridized carbons (Fsp3) is 0.111. The molecular formula is C18H15F3N4. The number of halogens is 3. The van der Waals surface area contributed by atoms with E-state index in [1.165, 1.54) is 18.5 Å². The number of nitrogens with zero attached hydrogens (tertiary/aromatic N) is 2. The summed E-state index contributed by atoms with van der Waals surface area (Å²) in [7, 11) is 0. The second kappa shape index (κ2) is 7.65. The third-order valence-electron chi connectivity index (χ3n) is 3.52. The summed E-state index contributed by atoms with van der Waals surface area (Å²) < 4.78 is 39.7. The van der Waals surface area contributed by atoms with Crippen molar-refractivity contribution < 1.29 is 13.2 Å². The van der Waals surface area contributed by atoms with Gasteiger partial charge in [0.1, 0.15) is 23.8 Å². The molecule has 0 aliphatic heterocycles. The van der Waals surface area contributed by atoms with Crippen LogP contribution in [0.2, 0.25) is 0 Å². The van der Waals surface area contributed by atoms with Crippen molar-refractivity contribution in [3.05, 3.63) is 77.9 Å². The fourth-order valence-electron chi connectivity index (χ4n) is 2.27. The van der Waals surface area contributed by atoms with Crippen molar-refractivity contribution in [3.8, 4) is 0 Å². The molecule has 0 saturated heterocycles. The largest absolute Gasteiger partial charge is 0.370 e. The molecule has 0 aliphatic rings. The van der Waals surface area contributed by atoms with E-state index in [1.54, 1.807) is 24.3 Å². The van der Waals surface area contributed by atoms with E-state index < -0.39 is 11.6 Å². The van der Waals surface area contributed by atoms with E-state index in [-0.39, 0.29) is 5.82 Å². The first-order valence-corrected chi connectivity index (χ1v) is 7.63. The van der Waals surface area contributed by atoms with Crippen LogP contribution in [-0.4, -0.2) is 16.5 Å². The Kier molecular flexibility index (Phi) is 5.13. The molecule has 2 N–H and O–H groups in total. The van der Waals surface area contributed by atoms with Crippen molar-refractivity contribution in [1.82, 2.24) is 9.97 Å². The van der Waals surface area contributed by atoms with Crippen LogP contribution < -0.4 is 10.6 Å². The third-order valence-corrected chi connectivity index (χ3v) is 3.52. The second-order valence-electron chi connectivity index (χ2n) is 5.31. The minimum absolute atomic E-state index is 0.243. The van der Waals surface area contributed by atoms with Gasteiger partial charge in [-0.05, 0) is 30.2 Å². The van der Waals surface area contributed by atoms with Crippen LogP contribution in [0.3, 0.4) is 0 Å². The lowest BCUT2D eigenvalue weighted by molar-refractivity contribution is 0.509. The maximum atomic E-state index is 13.6. The molecule has 1 heterocycles. The van der Waals surface area contributed by atoms with Gasteiger partial charge in [0, 0.05) is 24.4 Å². The van der Waals surface area contributed by atoms with Crippen LogP contribution in [0.15, 0.2) is 54.9 Å². The third kappa shape index (κ3) is 4.47. The summed E-state index contributed by atoms with van der Waals surface area (Å²) in [4.78, 5) is 8.10. The Morgan fingerprint density at radius 2 is 1.60 bits per heavy atom. The molecule has 0 amide bonds.